The first-order valence-corrected chi connectivity index (χ1v) is 5.80. The maximum absolute atomic E-state index is 12.0. The molecule has 0 unspecified atom stereocenters. The Kier molecular flexibility index (Phi) is 3.65. The molecule has 108 valence electrons. The SMILES string of the molecule is O=C(O)[C@H]1C=C(OS(=O)(=O)C(F)(F)F)CN1C(=O)O. The molecule has 0 aromatic rings. The number of halogens is 3. The predicted molar refractivity (Wildman–Crippen MR) is 50.3 cm³/mol. The van der Waals surface area contributed by atoms with Crippen LogP contribution in [0.3, 0.4) is 0 Å². The number of hydrogen-bond acceptors (Lipinski definition) is 5. The number of rotatable bonds is 3. The summed E-state index contributed by atoms with van der Waals surface area (Å²) in [4.78, 5) is 21.5. The molecule has 0 saturated carbocycles. The molecule has 0 aromatic carbocycles. The summed E-state index contributed by atoms with van der Waals surface area (Å²) in [6, 6.07) is -1.81. The summed E-state index contributed by atoms with van der Waals surface area (Å²) >= 11 is 0. The molecule has 1 amide bonds. The van der Waals surface area contributed by atoms with E-state index < -0.39 is 46.0 Å². The van der Waals surface area contributed by atoms with Gasteiger partial charge in [-0.25, -0.2) is 9.59 Å². The molecule has 0 saturated heterocycles. The van der Waals surface area contributed by atoms with E-state index in [9.17, 15) is 31.2 Å². The Labute approximate surface area is 103 Å². The summed E-state index contributed by atoms with van der Waals surface area (Å²) in [6.07, 6.45) is -1.27. The average Bonchev–Trinajstić information content (AvgIpc) is 2.59. The van der Waals surface area contributed by atoms with Gasteiger partial charge in [0.05, 0.1) is 6.54 Å². The number of alkyl halides is 3. The van der Waals surface area contributed by atoms with Crippen molar-refractivity contribution >= 4 is 22.2 Å². The zero-order chi connectivity index (χ0) is 15.0. The van der Waals surface area contributed by atoms with Gasteiger partial charge in [0.2, 0.25) is 0 Å². The van der Waals surface area contributed by atoms with Gasteiger partial charge in [0.1, 0.15) is 5.76 Å². The Hall–Kier alpha value is -1.98. The van der Waals surface area contributed by atoms with Gasteiger partial charge in [0.25, 0.3) is 0 Å². The third-order valence-electron chi connectivity index (χ3n) is 2.00. The summed E-state index contributed by atoms with van der Waals surface area (Å²) in [5, 5.41) is 17.2. The third kappa shape index (κ3) is 3.07. The van der Waals surface area contributed by atoms with Gasteiger partial charge in [-0.2, -0.15) is 21.6 Å². The Morgan fingerprint density at radius 1 is 1.37 bits per heavy atom. The Morgan fingerprint density at radius 2 is 1.89 bits per heavy atom. The van der Waals surface area contributed by atoms with Gasteiger partial charge in [-0.3, -0.25) is 4.90 Å². The number of carboxylic acid groups (broad SMARTS) is 2. The van der Waals surface area contributed by atoms with Crippen LogP contribution in [0.5, 0.6) is 0 Å². The van der Waals surface area contributed by atoms with E-state index in [2.05, 4.69) is 4.18 Å². The van der Waals surface area contributed by atoms with Crippen molar-refractivity contribution in [2.24, 2.45) is 0 Å². The molecule has 0 fully saturated rings. The van der Waals surface area contributed by atoms with Gasteiger partial charge in [-0.1, -0.05) is 0 Å². The lowest BCUT2D eigenvalue weighted by Gasteiger charge is -2.17. The first-order valence-electron chi connectivity index (χ1n) is 4.39. The molecular weight excluding hydrogens is 299 g/mol. The quantitative estimate of drug-likeness (QED) is 0.563. The van der Waals surface area contributed by atoms with Gasteiger partial charge in [-0.15, -0.1) is 0 Å². The Balaban J connectivity index is 2.97. The zero-order valence-electron chi connectivity index (χ0n) is 8.79. The van der Waals surface area contributed by atoms with E-state index in [4.69, 9.17) is 10.2 Å². The highest BCUT2D eigenvalue weighted by atomic mass is 32.2. The van der Waals surface area contributed by atoms with Gasteiger partial charge in [0.15, 0.2) is 6.04 Å². The average molecular weight is 305 g/mol. The van der Waals surface area contributed by atoms with Crippen molar-refractivity contribution < 1.29 is 45.6 Å². The fourth-order valence-electron chi connectivity index (χ4n) is 1.22. The number of carbonyl (C=O) groups is 2. The number of aliphatic carboxylic acids is 1. The van der Waals surface area contributed by atoms with Crippen LogP contribution in [0.25, 0.3) is 0 Å². The highest BCUT2D eigenvalue weighted by Crippen LogP contribution is 2.29. The van der Waals surface area contributed by atoms with E-state index >= 15 is 0 Å². The van der Waals surface area contributed by atoms with Crippen molar-refractivity contribution in [3.8, 4) is 0 Å². The Morgan fingerprint density at radius 3 is 2.21 bits per heavy atom. The molecule has 1 aliphatic heterocycles. The lowest BCUT2D eigenvalue weighted by atomic mass is 10.3. The van der Waals surface area contributed by atoms with E-state index in [1.54, 1.807) is 0 Å². The summed E-state index contributed by atoms with van der Waals surface area (Å²) < 4.78 is 61.0. The van der Waals surface area contributed by atoms with E-state index in [0.29, 0.717) is 6.08 Å². The largest absolute Gasteiger partial charge is 0.534 e. The Bertz CT molecular complexity index is 537. The monoisotopic (exact) mass is 305 g/mol. The first kappa shape index (κ1) is 15.1. The predicted octanol–water partition coefficient (Wildman–Crippen LogP) is 0.183. The van der Waals surface area contributed by atoms with Crippen LogP contribution in [-0.2, 0) is 19.1 Å². The lowest BCUT2D eigenvalue weighted by molar-refractivity contribution is -0.140. The molecule has 12 heteroatoms. The molecule has 2 N–H and O–H groups in total. The molecule has 1 atom stereocenters. The fraction of sp³-hybridized carbons (Fsp3) is 0.429. The molecule has 8 nitrogen and oxygen atoms in total. The normalized spacial score (nSPS) is 20.1. The van der Waals surface area contributed by atoms with E-state index in [1.165, 1.54) is 0 Å². The number of carboxylic acids is 1. The lowest BCUT2D eigenvalue weighted by Crippen LogP contribution is -2.40. The topological polar surface area (TPSA) is 121 Å². The van der Waals surface area contributed by atoms with Crippen LogP contribution in [0, 0.1) is 0 Å². The van der Waals surface area contributed by atoms with Crippen LogP contribution in [0.15, 0.2) is 11.8 Å². The van der Waals surface area contributed by atoms with Crippen molar-refractivity contribution in [3.63, 3.8) is 0 Å². The summed E-state index contributed by atoms with van der Waals surface area (Å²) in [7, 11) is -5.96. The summed E-state index contributed by atoms with van der Waals surface area (Å²) in [5.74, 6) is -2.60. The fourth-order valence-corrected chi connectivity index (χ4v) is 1.70. The molecule has 0 bridgehead atoms. The van der Waals surface area contributed by atoms with Crippen molar-refractivity contribution in [1.82, 2.24) is 4.90 Å². The number of hydrogen-bond donors (Lipinski definition) is 2. The smallest absolute Gasteiger partial charge is 0.479 e. The molecule has 1 rings (SSSR count). The van der Waals surface area contributed by atoms with E-state index in [-0.39, 0.29) is 4.90 Å². The second-order valence-corrected chi connectivity index (χ2v) is 4.85. The highest BCUT2D eigenvalue weighted by Gasteiger charge is 2.50. The van der Waals surface area contributed by atoms with Crippen LogP contribution in [-0.4, -0.2) is 53.7 Å². The van der Waals surface area contributed by atoms with Crippen molar-refractivity contribution in [3.05, 3.63) is 11.8 Å². The number of nitrogens with zero attached hydrogens (tertiary/aromatic N) is 1. The maximum Gasteiger partial charge on any atom is 0.534 e. The van der Waals surface area contributed by atoms with E-state index in [1.807, 2.05) is 0 Å². The van der Waals surface area contributed by atoms with Gasteiger partial charge < -0.3 is 14.4 Å². The van der Waals surface area contributed by atoms with Crippen LogP contribution in [0.4, 0.5) is 18.0 Å². The van der Waals surface area contributed by atoms with Crippen LogP contribution >= 0.6 is 0 Å². The molecule has 1 aliphatic rings. The second-order valence-electron chi connectivity index (χ2n) is 3.31. The van der Waals surface area contributed by atoms with Crippen molar-refractivity contribution in [2.75, 3.05) is 6.54 Å². The standard InChI is InChI=1S/C7H6F3NO7S/c8-7(9,10)19(16,17)18-3-1-4(5(12)13)11(2-3)6(14)15/h1,4H,2H2,(H,12,13)(H,14,15)/t4-/m1/s1. The highest BCUT2D eigenvalue weighted by molar-refractivity contribution is 7.87. The maximum atomic E-state index is 12.0. The molecular formula is C7H6F3NO7S. The second kappa shape index (κ2) is 4.60. The van der Waals surface area contributed by atoms with Crippen molar-refractivity contribution in [2.45, 2.75) is 11.6 Å². The summed E-state index contributed by atoms with van der Waals surface area (Å²) in [5.41, 5.74) is -5.69. The van der Waals surface area contributed by atoms with Gasteiger partial charge in [0, 0.05) is 0 Å². The molecule has 0 radical (unpaired) electrons. The van der Waals surface area contributed by atoms with E-state index in [0.717, 1.165) is 0 Å². The zero-order valence-corrected chi connectivity index (χ0v) is 9.60. The molecule has 0 aromatic heterocycles. The molecule has 19 heavy (non-hydrogen) atoms. The van der Waals surface area contributed by atoms with Crippen LogP contribution < -0.4 is 0 Å². The molecule has 0 aliphatic carbocycles. The first-order chi connectivity index (χ1) is 8.45. The minimum Gasteiger partial charge on any atom is -0.479 e. The van der Waals surface area contributed by atoms with Gasteiger partial charge >= 0.3 is 27.7 Å². The minimum absolute atomic E-state index is 0.212. The summed E-state index contributed by atoms with van der Waals surface area (Å²) in [6.45, 7) is -0.915. The molecule has 0 spiro atoms. The molecule has 1 heterocycles. The third-order valence-corrected chi connectivity index (χ3v) is 3.01. The van der Waals surface area contributed by atoms with Gasteiger partial charge in [-0.05, 0) is 6.08 Å². The number of amides is 1. The minimum atomic E-state index is -5.96. The van der Waals surface area contributed by atoms with Crippen LogP contribution in [0.2, 0.25) is 0 Å². The van der Waals surface area contributed by atoms with Crippen LogP contribution in [0.1, 0.15) is 0 Å². The van der Waals surface area contributed by atoms with Crippen molar-refractivity contribution in [1.29, 1.82) is 0 Å².